The molecule has 1 aliphatic heterocycles. The van der Waals surface area contributed by atoms with Crippen molar-refractivity contribution in [3.8, 4) is 0 Å². The molecule has 0 spiro atoms. The Morgan fingerprint density at radius 1 is 1.38 bits per heavy atom. The van der Waals surface area contributed by atoms with Crippen LogP contribution in [-0.4, -0.2) is 47.9 Å². The minimum Gasteiger partial charge on any atom is -0.354 e. The van der Waals surface area contributed by atoms with E-state index >= 15 is 0 Å². The molecule has 1 fully saturated rings. The highest BCUT2D eigenvalue weighted by molar-refractivity contribution is 6.01. The van der Waals surface area contributed by atoms with E-state index in [0.29, 0.717) is 13.0 Å². The number of halogens is 1. The highest BCUT2D eigenvalue weighted by Crippen LogP contribution is 2.09. The number of amides is 4. The van der Waals surface area contributed by atoms with E-state index in [1.165, 1.54) is 0 Å². The van der Waals surface area contributed by atoms with Crippen LogP contribution in [0.1, 0.15) is 39.5 Å². The van der Waals surface area contributed by atoms with Crippen LogP contribution in [0.25, 0.3) is 0 Å². The summed E-state index contributed by atoms with van der Waals surface area (Å²) < 4.78 is 0. The second kappa shape index (κ2) is 8.84. The summed E-state index contributed by atoms with van der Waals surface area (Å²) in [5.74, 6) is -0.345. The fraction of sp³-hybridized carbons (Fsp3) is 0.769. The van der Waals surface area contributed by atoms with Gasteiger partial charge in [-0.05, 0) is 19.3 Å². The lowest BCUT2D eigenvalue weighted by Crippen LogP contribution is -2.49. The lowest BCUT2D eigenvalue weighted by atomic mass is 9.94. The normalized spacial score (nSPS) is 14.7. The largest absolute Gasteiger partial charge is 0.354 e. The summed E-state index contributed by atoms with van der Waals surface area (Å²) in [7, 11) is 0. The number of nitrogens with two attached hydrogens (primary N) is 1. The molecular formula is C13H25ClN4O3. The topological polar surface area (TPSA) is 105 Å². The molecule has 0 saturated carbocycles. The maximum Gasteiger partial charge on any atom is 0.324 e. The lowest BCUT2D eigenvalue weighted by Gasteiger charge is -2.26. The minimum atomic E-state index is -0.381. The molecule has 0 aromatic rings. The molecule has 0 aliphatic carbocycles. The predicted molar refractivity (Wildman–Crippen MR) is 82.1 cm³/mol. The Balaban J connectivity index is 0.00000400. The number of carbonyl (C=O) groups excluding carboxylic acids is 3. The van der Waals surface area contributed by atoms with Gasteiger partial charge in [-0.25, -0.2) is 4.79 Å². The van der Waals surface area contributed by atoms with Gasteiger partial charge in [0.2, 0.25) is 11.8 Å². The first-order chi connectivity index (χ1) is 9.41. The maximum atomic E-state index is 11.7. The monoisotopic (exact) mass is 320 g/mol. The van der Waals surface area contributed by atoms with Crippen molar-refractivity contribution in [2.45, 2.75) is 45.1 Å². The first-order valence-electron chi connectivity index (χ1n) is 7.05. The fourth-order valence-corrected chi connectivity index (χ4v) is 1.94. The molecule has 4 N–H and O–H groups in total. The van der Waals surface area contributed by atoms with E-state index in [1.807, 2.05) is 13.8 Å². The maximum absolute atomic E-state index is 11.7. The number of hydrogen-bond donors (Lipinski definition) is 3. The Labute approximate surface area is 131 Å². The van der Waals surface area contributed by atoms with E-state index in [1.54, 1.807) is 0 Å². The molecule has 1 saturated heterocycles. The van der Waals surface area contributed by atoms with Gasteiger partial charge in [0.15, 0.2) is 0 Å². The number of nitrogens with zero attached hydrogens (tertiary/aromatic N) is 1. The summed E-state index contributed by atoms with van der Waals surface area (Å²) in [6, 6.07) is -0.381. The Morgan fingerprint density at radius 2 is 2.00 bits per heavy atom. The van der Waals surface area contributed by atoms with Gasteiger partial charge in [0.1, 0.15) is 0 Å². The van der Waals surface area contributed by atoms with Gasteiger partial charge in [0.05, 0.1) is 6.54 Å². The van der Waals surface area contributed by atoms with E-state index in [4.69, 9.17) is 5.73 Å². The van der Waals surface area contributed by atoms with E-state index in [9.17, 15) is 14.4 Å². The van der Waals surface area contributed by atoms with Gasteiger partial charge >= 0.3 is 6.03 Å². The second-order valence-electron chi connectivity index (χ2n) is 5.15. The molecule has 0 aromatic heterocycles. The number of hydrogen-bond acceptors (Lipinski definition) is 4. The summed E-state index contributed by atoms with van der Waals surface area (Å²) in [6.45, 7) is 4.75. The van der Waals surface area contributed by atoms with Crippen molar-refractivity contribution in [2.24, 2.45) is 5.73 Å². The molecular weight excluding hydrogens is 296 g/mol. The number of carbonyl (C=O) groups is 3. The van der Waals surface area contributed by atoms with Crippen molar-refractivity contribution in [3.63, 3.8) is 0 Å². The van der Waals surface area contributed by atoms with Crippen molar-refractivity contribution >= 4 is 30.3 Å². The molecule has 7 nitrogen and oxygen atoms in total. The average molecular weight is 321 g/mol. The smallest absolute Gasteiger partial charge is 0.324 e. The van der Waals surface area contributed by atoms with Crippen molar-refractivity contribution in [1.29, 1.82) is 0 Å². The van der Waals surface area contributed by atoms with Gasteiger partial charge in [0.25, 0.3) is 0 Å². The number of rotatable bonds is 8. The molecule has 1 aliphatic rings. The molecule has 0 aromatic carbocycles. The van der Waals surface area contributed by atoms with Crippen LogP contribution in [0, 0.1) is 0 Å². The molecule has 0 atom stereocenters. The van der Waals surface area contributed by atoms with Gasteiger partial charge in [-0.3, -0.25) is 14.5 Å². The third-order valence-electron chi connectivity index (χ3n) is 3.77. The zero-order valence-corrected chi connectivity index (χ0v) is 13.4. The van der Waals surface area contributed by atoms with E-state index < -0.39 is 0 Å². The third-order valence-corrected chi connectivity index (χ3v) is 3.77. The second-order valence-corrected chi connectivity index (χ2v) is 5.15. The van der Waals surface area contributed by atoms with E-state index in [2.05, 4.69) is 10.6 Å². The first-order valence-corrected chi connectivity index (χ1v) is 7.05. The lowest BCUT2D eigenvalue weighted by molar-refractivity contribution is -0.126. The van der Waals surface area contributed by atoms with Gasteiger partial charge in [-0.15, -0.1) is 12.4 Å². The first kappa shape index (κ1) is 19.7. The molecule has 4 amide bonds. The standard InChI is InChI=1S/C13H24N4O3.ClH/c1-3-13(14,4-2)9-16-10(18)6-5-7-17-11(19)8-15-12(17)20;/h3-9,14H2,1-2H3,(H,15,20)(H,16,18);1H. The van der Waals surface area contributed by atoms with E-state index in [0.717, 1.165) is 17.7 Å². The summed E-state index contributed by atoms with van der Waals surface area (Å²) >= 11 is 0. The fourth-order valence-electron chi connectivity index (χ4n) is 1.94. The molecule has 0 unspecified atom stereocenters. The Hall–Kier alpha value is -1.34. The number of nitrogens with one attached hydrogen (secondary N) is 2. The highest BCUT2D eigenvalue weighted by Gasteiger charge is 2.27. The molecule has 1 heterocycles. The SMILES string of the molecule is CCC(N)(CC)CNC(=O)CCCN1C(=O)CNC1=O.Cl. The summed E-state index contributed by atoms with van der Waals surface area (Å²) in [6.07, 6.45) is 2.33. The van der Waals surface area contributed by atoms with Crippen LogP contribution >= 0.6 is 12.4 Å². The molecule has 1 rings (SSSR count). The van der Waals surface area contributed by atoms with Crippen LogP contribution in [0.4, 0.5) is 4.79 Å². The average Bonchev–Trinajstić information content (AvgIpc) is 2.76. The molecule has 8 heteroatoms. The summed E-state index contributed by atoms with van der Waals surface area (Å²) in [5.41, 5.74) is 5.73. The summed E-state index contributed by atoms with van der Waals surface area (Å²) in [5, 5.41) is 5.24. The van der Waals surface area contributed by atoms with Gasteiger partial charge < -0.3 is 16.4 Å². The molecule has 122 valence electrons. The number of imide groups is 1. The quantitative estimate of drug-likeness (QED) is 0.562. The molecule has 21 heavy (non-hydrogen) atoms. The van der Waals surface area contributed by atoms with Gasteiger partial charge in [-0.1, -0.05) is 13.8 Å². The Morgan fingerprint density at radius 3 is 2.48 bits per heavy atom. The van der Waals surface area contributed by atoms with Crippen LogP contribution in [-0.2, 0) is 9.59 Å². The van der Waals surface area contributed by atoms with Crippen LogP contribution in [0.2, 0.25) is 0 Å². The van der Waals surface area contributed by atoms with Crippen molar-refractivity contribution in [3.05, 3.63) is 0 Å². The highest BCUT2D eigenvalue weighted by atomic mass is 35.5. The predicted octanol–water partition coefficient (Wildman–Crippen LogP) is 0.374. The zero-order valence-electron chi connectivity index (χ0n) is 12.6. The number of urea groups is 1. The van der Waals surface area contributed by atoms with Gasteiger partial charge in [0, 0.05) is 25.0 Å². The van der Waals surface area contributed by atoms with Crippen LogP contribution in [0.5, 0.6) is 0 Å². The van der Waals surface area contributed by atoms with Gasteiger partial charge in [-0.2, -0.15) is 0 Å². The minimum absolute atomic E-state index is 0. The molecule has 0 bridgehead atoms. The van der Waals surface area contributed by atoms with Crippen molar-refractivity contribution in [1.82, 2.24) is 15.5 Å². The van der Waals surface area contributed by atoms with Crippen LogP contribution in [0.3, 0.4) is 0 Å². The molecule has 0 radical (unpaired) electrons. The van der Waals surface area contributed by atoms with Crippen LogP contribution < -0.4 is 16.4 Å². The Kier molecular flexibility index (Phi) is 8.27. The van der Waals surface area contributed by atoms with Crippen LogP contribution in [0.15, 0.2) is 0 Å². The van der Waals surface area contributed by atoms with Crippen molar-refractivity contribution < 1.29 is 14.4 Å². The van der Waals surface area contributed by atoms with E-state index in [-0.39, 0.29) is 55.3 Å². The third kappa shape index (κ3) is 5.89. The van der Waals surface area contributed by atoms with Crippen molar-refractivity contribution in [2.75, 3.05) is 19.6 Å². The Bertz CT molecular complexity index is 370. The summed E-state index contributed by atoms with van der Waals surface area (Å²) in [4.78, 5) is 35.4. The zero-order chi connectivity index (χ0) is 15.2.